The van der Waals surface area contributed by atoms with E-state index in [1.54, 1.807) is 0 Å². The Morgan fingerprint density at radius 1 is 1.38 bits per heavy atom. The number of benzene rings is 1. The molecule has 0 radical (unpaired) electrons. The van der Waals surface area contributed by atoms with E-state index < -0.39 is 0 Å². The minimum atomic E-state index is 0.0648. The summed E-state index contributed by atoms with van der Waals surface area (Å²) in [5.74, 6) is 0.0648. The summed E-state index contributed by atoms with van der Waals surface area (Å²) in [7, 11) is 0. The first-order valence-electron chi connectivity index (χ1n) is 7.57. The fraction of sp³-hybridized carbons (Fsp3) is 0.562. The van der Waals surface area contributed by atoms with E-state index in [9.17, 15) is 4.79 Å². The van der Waals surface area contributed by atoms with Gasteiger partial charge in [0, 0.05) is 17.6 Å². The fourth-order valence-corrected chi connectivity index (χ4v) is 2.85. The lowest BCUT2D eigenvalue weighted by Crippen LogP contribution is -2.33. The maximum Gasteiger partial charge on any atom is 0.224 e. The SMILES string of the molecule is O=C(Cc1cccc(Br)c1)NCCCOC1CCNCC1. The summed E-state index contributed by atoms with van der Waals surface area (Å²) >= 11 is 3.41. The van der Waals surface area contributed by atoms with Crippen LogP contribution >= 0.6 is 15.9 Å². The van der Waals surface area contributed by atoms with Crippen LogP contribution in [0.2, 0.25) is 0 Å². The van der Waals surface area contributed by atoms with E-state index in [0.717, 1.165) is 49.0 Å². The molecule has 1 aromatic carbocycles. The number of carbonyl (C=O) groups excluding carboxylic acids is 1. The highest BCUT2D eigenvalue weighted by molar-refractivity contribution is 9.10. The molecule has 21 heavy (non-hydrogen) atoms. The number of piperidine rings is 1. The van der Waals surface area contributed by atoms with Crippen molar-refractivity contribution in [3.05, 3.63) is 34.3 Å². The van der Waals surface area contributed by atoms with Crippen molar-refractivity contribution >= 4 is 21.8 Å². The molecule has 1 aliphatic heterocycles. The van der Waals surface area contributed by atoms with Crippen molar-refractivity contribution in [3.63, 3.8) is 0 Å². The van der Waals surface area contributed by atoms with Gasteiger partial charge in [0.05, 0.1) is 12.5 Å². The molecule has 1 aromatic rings. The number of halogens is 1. The second-order valence-electron chi connectivity index (χ2n) is 5.33. The largest absolute Gasteiger partial charge is 0.378 e. The van der Waals surface area contributed by atoms with Crippen LogP contribution in [0, 0.1) is 0 Å². The first kappa shape index (κ1) is 16.5. The molecule has 0 spiro atoms. The summed E-state index contributed by atoms with van der Waals surface area (Å²) in [4.78, 5) is 11.8. The van der Waals surface area contributed by atoms with Gasteiger partial charge < -0.3 is 15.4 Å². The van der Waals surface area contributed by atoms with Crippen LogP contribution in [0.5, 0.6) is 0 Å². The van der Waals surface area contributed by atoms with Crippen LogP contribution in [0.15, 0.2) is 28.7 Å². The molecule has 2 rings (SSSR count). The predicted octanol–water partition coefficient (Wildman–Crippen LogP) is 2.27. The Balaban J connectivity index is 1.54. The molecule has 4 nitrogen and oxygen atoms in total. The van der Waals surface area contributed by atoms with Crippen molar-refractivity contribution in [2.24, 2.45) is 0 Å². The molecule has 0 aromatic heterocycles. The normalized spacial score (nSPS) is 15.9. The molecule has 1 heterocycles. The second-order valence-corrected chi connectivity index (χ2v) is 6.25. The molecular formula is C16H23BrN2O2. The van der Waals surface area contributed by atoms with Crippen LogP contribution in [0.3, 0.4) is 0 Å². The number of hydrogen-bond donors (Lipinski definition) is 2. The molecule has 1 saturated heterocycles. The Morgan fingerprint density at radius 3 is 2.95 bits per heavy atom. The first-order valence-corrected chi connectivity index (χ1v) is 8.37. The van der Waals surface area contributed by atoms with Gasteiger partial charge in [0.15, 0.2) is 0 Å². The van der Waals surface area contributed by atoms with Gasteiger partial charge in [-0.15, -0.1) is 0 Å². The average Bonchev–Trinajstić information content (AvgIpc) is 2.48. The number of hydrogen-bond acceptors (Lipinski definition) is 3. The zero-order valence-corrected chi connectivity index (χ0v) is 13.8. The number of rotatable bonds is 7. The van der Waals surface area contributed by atoms with Gasteiger partial charge in [-0.3, -0.25) is 4.79 Å². The smallest absolute Gasteiger partial charge is 0.224 e. The molecule has 0 bridgehead atoms. The van der Waals surface area contributed by atoms with Gasteiger partial charge in [-0.1, -0.05) is 28.1 Å². The van der Waals surface area contributed by atoms with E-state index in [2.05, 4.69) is 26.6 Å². The van der Waals surface area contributed by atoms with Gasteiger partial charge in [0.1, 0.15) is 0 Å². The Hall–Kier alpha value is -0.910. The van der Waals surface area contributed by atoms with E-state index in [-0.39, 0.29) is 5.91 Å². The minimum Gasteiger partial charge on any atom is -0.378 e. The van der Waals surface area contributed by atoms with Crippen LogP contribution in [0.25, 0.3) is 0 Å². The van der Waals surface area contributed by atoms with Crippen molar-refractivity contribution in [1.29, 1.82) is 0 Å². The van der Waals surface area contributed by atoms with E-state index in [1.807, 2.05) is 24.3 Å². The van der Waals surface area contributed by atoms with Crippen molar-refractivity contribution in [3.8, 4) is 0 Å². The lowest BCUT2D eigenvalue weighted by molar-refractivity contribution is -0.120. The third kappa shape index (κ3) is 6.59. The zero-order chi connectivity index (χ0) is 14.9. The fourth-order valence-electron chi connectivity index (χ4n) is 2.41. The van der Waals surface area contributed by atoms with E-state index in [1.165, 1.54) is 0 Å². The molecule has 1 amide bonds. The van der Waals surface area contributed by atoms with Gasteiger partial charge in [-0.2, -0.15) is 0 Å². The molecular weight excluding hydrogens is 332 g/mol. The van der Waals surface area contributed by atoms with Gasteiger partial charge in [-0.05, 0) is 50.0 Å². The molecule has 0 saturated carbocycles. The minimum absolute atomic E-state index is 0.0648. The summed E-state index contributed by atoms with van der Waals surface area (Å²) < 4.78 is 6.80. The monoisotopic (exact) mass is 354 g/mol. The van der Waals surface area contributed by atoms with Gasteiger partial charge in [0.25, 0.3) is 0 Å². The standard InChI is InChI=1S/C16H23BrN2O2/c17-14-4-1-3-13(11-14)12-16(20)19-7-2-10-21-15-5-8-18-9-6-15/h1,3-4,11,15,18H,2,5-10,12H2,(H,19,20). The van der Waals surface area contributed by atoms with Crippen LogP contribution < -0.4 is 10.6 Å². The van der Waals surface area contributed by atoms with Crippen molar-refractivity contribution in [1.82, 2.24) is 10.6 Å². The maximum atomic E-state index is 11.8. The molecule has 0 aliphatic carbocycles. The van der Waals surface area contributed by atoms with Crippen LogP contribution in [-0.4, -0.2) is 38.3 Å². The zero-order valence-electron chi connectivity index (χ0n) is 12.2. The molecule has 2 N–H and O–H groups in total. The maximum absolute atomic E-state index is 11.8. The lowest BCUT2D eigenvalue weighted by Gasteiger charge is -2.22. The topological polar surface area (TPSA) is 50.4 Å². The third-order valence-electron chi connectivity index (χ3n) is 3.54. The number of carbonyl (C=O) groups is 1. The molecule has 116 valence electrons. The average molecular weight is 355 g/mol. The predicted molar refractivity (Wildman–Crippen MR) is 87.3 cm³/mol. The van der Waals surface area contributed by atoms with Crippen molar-refractivity contribution in [2.45, 2.75) is 31.8 Å². The van der Waals surface area contributed by atoms with Crippen LogP contribution in [-0.2, 0) is 16.0 Å². The number of amides is 1. The highest BCUT2D eigenvalue weighted by atomic mass is 79.9. The van der Waals surface area contributed by atoms with E-state index in [0.29, 0.717) is 19.1 Å². The number of ether oxygens (including phenoxy) is 1. The summed E-state index contributed by atoms with van der Waals surface area (Å²) in [5, 5.41) is 6.26. The van der Waals surface area contributed by atoms with Gasteiger partial charge in [-0.25, -0.2) is 0 Å². The third-order valence-corrected chi connectivity index (χ3v) is 4.03. The Bertz CT molecular complexity index is 448. The summed E-state index contributed by atoms with van der Waals surface area (Å²) in [6.45, 7) is 3.50. The first-order chi connectivity index (χ1) is 10.2. The molecule has 5 heteroatoms. The summed E-state index contributed by atoms with van der Waals surface area (Å²) in [5.41, 5.74) is 1.02. The molecule has 1 fully saturated rings. The number of nitrogens with one attached hydrogen (secondary N) is 2. The lowest BCUT2D eigenvalue weighted by atomic mass is 10.1. The Kier molecular flexibility index (Phi) is 7.19. The quantitative estimate of drug-likeness (QED) is 0.738. The van der Waals surface area contributed by atoms with E-state index in [4.69, 9.17) is 4.74 Å². The molecule has 1 aliphatic rings. The van der Waals surface area contributed by atoms with Crippen LogP contribution in [0.1, 0.15) is 24.8 Å². The summed E-state index contributed by atoms with van der Waals surface area (Å²) in [6, 6.07) is 7.84. The van der Waals surface area contributed by atoms with Crippen LogP contribution in [0.4, 0.5) is 0 Å². The molecule has 0 atom stereocenters. The van der Waals surface area contributed by atoms with Gasteiger partial charge >= 0.3 is 0 Å². The van der Waals surface area contributed by atoms with Gasteiger partial charge in [0.2, 0.25) is 5.91 Å². The highest BCUT2D eigenvalue weighted by Gasteiger charge is 2.12. The van der Waals surface area contributed by atoms with Crippen molar-refractivity contribution in [2.75, 3.05) is 26.2 Å². The Morgan fingerprint density at radius 2 is 2.19 bits per heavy atom. The molecule has 0 unspecified atom stereocenters. The van der Waals surface area contributed by atoms with E-state index >= 15 is 0 Å². The summed E-state index contributed by atoms with van der Waals surface area (Å²) in [6.07, 6.45) is 3.87. The van der Waals surface area contributed by atoms with Crippen molar-refractivity contribution < 1.29 is 9.53 Å². The second kappa shape index (κ2) is 9.18. The Labute approximate surface area is 134 Å². The highest BCUT2D eigenvalue weighted by Crippen LogP contribution is 2.12.